The third-order valence-electron chi connectivity index (χ3n) is 3.70. The number of hydrogen-bond donors (Lipinski definition) is 2. The minimum Gasteiger partial charge on any atom is -0.361 e. The Balaban J connectivity index is 1.83. The van der Waals surface area contributed by atoms with Gasteiger partial charge in [-0.2, -0.15) is 0 Å². The molecule has 2 fully saturated rings. The van der Waals surface area contributed by atoms with Crippen molar-refractivity contribution in [3.05, 3.63) is 27.9 Å². The van der Waals surface area contributed by atoms with Gasteiger partial charge >= 0.3 is 5.69 Å². The zero-order valence-electron chi connectivity index (χ0n) is 9.51. The molecule has 1 saturated carbocycles. The van der Waals surface area contributed by atoms with Gasteiger partial charge in [0.25, 0.3) is 0 Å². The van der Waals surface area contributed by atoms with E-state index in [1.165, 1.54) is 0 Å². The lowest BCUT2D eigenvalue weighted by Crippen LogP contribution is -2.22. The van der Waals surface area contributed by atoms with Crippen LogP contribution >= 0.6 is 0 Å². The summed E-state index contributed by atoms with van der Waals surface area (Å²) in [6, 6.07) is 2.02. The Hall–Kier alpha value is -1.69. The average molecular weight is 234 g/mol. The molecule has 2 unspecified atom stereocenters. The highest BCUT2D eigenvalue weighted by atomic mass is 16.6. The van der Waals surface area contributed by atoms with Crippen LogP contribution in [0.15, 0.2) is 12.3 Å². The summed E-state index contributed by atoms with van der Waals surface area (Å²) in [6.45, 7) is 3.74. The molecule has 1 aliphatic carbocycles. The minimum atomic E-state index is -0.360. The van der Waals surface area contributed by atoms with Gasteiger partial charge in [-0.3, -0.25) is 10.1 Å². The zero-order chi connectivity index (χ0) is 12.0. The summed E-state index contributed by atoms with van der Waals surface area (Å²) in [4.78, 5) is 14.7. The average Bonchev–Trinajstić information content (AvgIpc) is 2.74. The Morgan fingerprint density at radius 3 is 2.88 bits per heavy atom. The second kappa shape index (κ2) is 3.66. The summed E-state index contributed by atoms with van der Waals surface area (Å²) in [5, 5.41) is 17.5. The van der Waals surface area contributed by atoms with E-state index >= 15 is 0 Å². The van der Waals surface area contributed by atoms with Gasteiger partial charge < -0.3 is 10.6 Å². The van der Waals surface area contributed by atoms with Crippen LogP contribution in [0, 0.1) is 28.9 Å². The van der Waals surface area contributed by atoms with Gasteiger partial charge in [-0.05, 0) is 24.8 Å². The number of nitro groups is 1. The number of piperidine rings is 1. The van der Waals surface area contributed by atoms with E-state index in [0.717, 1.165) is 13.1 Å². The second-order valence-corrected chi connectivity index (χ2v) is 4.74. The summed E-state index contributed by atoms with van der Waals surface area (Å²) < 4.78 is 0. The molecule has 0 bridgehead atoms. The third-order valence-corrected chi connectivity index (χ3v) is 3.70. The number of nitrogens with zero attached hydrogens (tertiary/aromatic N) is 2. The Labute approximate surface area is 98.6 Å². The largest absolute Gasteiger partial charge is 0.361 e. The standard InChI is InChI=1S/C11H14N4O2/c1-6-2-3-13-11(10(6)15(16)17)14-9-7-4-12-5-8(7)9/h2-3,7-9,12H,4-5H2,1H3,(H,13,14). The smallest absolute Gasteiger partial charge is 0.314 e. The lowest BCUT2D eigenvalue weighted by atomic mass is 10.2. The van der Waals surface area contributed by atoms with Gasteiger partial charge in [0.05, 0.1) is 4.92 Å². The molecule has 3 rings (SSSR count). The van der Waals surface area contributed by atoms with Gasteiger partial charge in [-0.25, -0.2) is 4.98 Å². The van der Waals surface area contributed by atoms with Gasteiger partial charge in [0.1, 0.15) is 0 Å². The zero-order valence-corrected chi connectivity index (χ0v) is 9.51. The lowest BCUT2D eigenvalue weighted by molar-refractivity contribution is -0.384. The Morgan fingerprint density at radius 1 is 1.53 bits per heavy atom. The quantitative estimate of drug-likeness (QED) is 0.600. The maximum atomic E-state index is 11.0. The Bertz CT molecular complexity index is 467. The SMILES string of the molecule is Cc1ccnc(NC2C3CNCC32)c1[N+](=O)[O-]. The Morgan fingerprint density at radius 2 is 2.24 bits per heavy atom. The summed E-state index contributed by atoms with van der Waals surface area (Å²) in [7, 11) is 0. The number of rotatable bonds is 3. The first-order chi connectivity index (χ1) is 8.18. The molecular formula is C11H14N4O2. The van der Waals surface area contributed by atoms with Gasteiger partial charge in [0.2, 0.25) is 5.82 Å². The van der Waals surface area contributed by atoms with E-state index in [2.05, 4.69) is 15.6 Å². The number of aromatic nitrogens is 1. The fourth-order valence-electron chi connectivity index (χ4n) is 2.68. The molecular weight excluding hydrogens is 220 g/mol. The first-order valence-corrected chi connectivity index (χ1v) is 5.75. The summed E-state index contributed by atoms with van der Waals surface area (Å²) >= 11 is 0. The predicted molar refractivity (Wildman–Crippen MR) is 62.9 cm³/mol. The number of pyridine rings is 1. The molecule has 0 spiro atoms. The molecule has 6 heteroatoms. The highest BCUT2D eigenvalue weighted by Crippen LogP contribution is 2.44. The van der Waals surface area contributed by atoms with E-state index in [1.54, 1.807) is 19.2 Å². The van der Waals surface area contributed by atoms with Crippen molar-refractivity contribution in [2.45, 2.75) is 13.0 Å². The number of nitrogens with one attached hydrogen (secondary N) is 2. The highest BCUT2D eigenvalue weighted by Gasteiger charge is 2.53. The van der Waals surface area contributed by atoms with E-state index in [-0.39, 0.29) is 10.6 Å². The molecule has 1 aliphatic heterocycles. The van der Waals surface area contributed by atoms with E-state index in [0.29, 0.717) is 29.3 Å². The minimum absolute atomic E-state index is 0.102. The van der Waals surface area contributed by atoms with E-state index < -0.39 is 0 Å². The monoisotopic (exact) mass is 234 g/mol. The molecule has 90 valence electrons. The predicted octanol–water partition coefficient (Wildman–Crippen LogP) is 0.928. The van der Waals surface area contributed by atoms with Crippen molar-refractivity contribution in [2.24, 2.45) is 11.8 Å². The van der Waals surface area contributed by atoms with Crippen LogP contribution in [0.5, 0.6) is 0 Å². The van der Waals surface area contributed by atoms with Crippen molar-refractivity contribution < 1.29 is 4.92 Å². The van der Waals surface area contributed by atoms with Crippen LogP contribution in [0.1, 0.15) is 5.56 Å². The fourth-order valence-corrected chi connectivity index (χ4v) is 2.68. The topological polar surface area (TPSA) is 80.1 Å². The molecule has 1 aromatic heterocycles. The summed E-state index contributed by atoms with van der Waals surface area (Å²) in [5.74, 6) is 1.63. The van der Waals surface area contributed by atoms with Gasteiger partial charge in [-0.1, -0.05) is 0 Å². The Kier molecular flexibility index (Phi) is 2.25. The normalized spacial score (nSPS) is 29.8. The maximum absolute atomic E-state index is 11.0. The molecule has 0 aromatic carbocycles. The molecule has 17 heavy (non-hydrogen) atoms. The summed E-state index contributed by atoms with van der Waals surface area (Å²) in [6.07, 6.45) is 1.61. The molecule has 2 heterocycles. The van der Waals surface area contributed by atoms with Gasteiger partial charge in [-0.15, -0.1) is 0 Å². The number of anilines is 1. The molecule has 0 amide bonds. The molecule has 2 N–H and O–H groups in total. The molecule has 2 aliphatic rings. The van der Waals surface area contributed by atoms with Crippen molar-refractivity contribution >= 4 is 11.5 Å². The van der Waals surface area contributed by atoms with E-state index in [4.69, 9.17) is 0 Å². The van der Waals surface area contributed by atoms with Gasteiger partial charge in [0.15, 0.2) is 0 Å². The third kappa shape index (κ3) is 1.64. The van der Waals surface area contributed by atoms with Crippen LogP contribution in [0.25, 0.3) is 0 Å². The van der Waals surface area contributed by atoms with E-state index in [9.17, 15) is 10.1 Å². The van der Waals surface area contributed by atoms with Crippen LogP contribution in [0.4, 0.5) is 11.5 Å². The molecule has 2 atom stereocenters. The van der Waals surface area contributed by atoms with Crippen molar-refractivity contribution in [2.75, 3.05) is 18.4 Å². The van der Waals surface area contributed by atoms with Crippen molar-refractivity contribution in [1.82, 2.24) is 10.3 Å². The van der Waals surface area contributed by atoms with Gasteiger partial charge in [0, 0.05) is 30.9 Å². The fraction of sp³-hybridized carbons (Fsp3) is 0.545. The number of hydrogen-bond acceptors (Lipinski definition) is 5. The lowest BCUT2D eigenvalue weighted by Gasteiger charge is -2.09. The van der Waals surface area contributed by atoms with Crippen LogP contribution in [0.2, 0.25) is 0 Å². The highest BCUT2D eigenvalue weighted by molar-refractivity contribution is 5.61. The van der Waals surface area contributed by atoms with Crippen molar-refractivity contribution in [3.63, 3.8) is 0 Å². The second-order valence-electron chi connectivity index (χ2n) is 4.74. The number of aryl methyl sites for hydroxylation is 1. The first-order valence-electron chi connectivity index (χ1n) is 5.75. The molecule has 1 saturated heterocycles. The summed E-state index contributed by atoms with van der Waals surface area (Å²) in [5.41, 5.74) is 0.752. The molecule has 0 radical (unpaired) electrons. The van der Waals surface area contributed by atoms with Crippen molar-refractivity contribution in [1.29, 1.82) is 0 Å². The van der Waals surface area contributed by atoms with Crippen molar-refractivity contribution in [3.8, 4) is 0 Å². The van der Waals surface area contributed by atoms with Crippen LogP contribution in [-0.2, 0) is 0 Å². The first kappa shape index (κ1) is 10.5. The maximum Gasteiger partial charge on any atom is 0.314 e. The van der Waals surface area contributed by atoms with Crippen LogP contribution in [-0.4, -0.2) is 29.0 Å². The number of fused-ring (bicyclic) bond motifs is 1. The van der Waals surface area contributed by atoms with Crippen LogP contribution in [0.3, 0.4) is 0 Å². The molecule has 1 aromatic rings. The molecule has 6 nitrogen and oxygen atoms in total. The van der Waals surface area contributed by atoms with Crippen LogP contribution < -0.4 is 10.6 Å². The van der Waals surface area contributed by atoms with E-state index in [1.807, 2.05) is 0 Å².